The smallest absolute Gasteiger partial charge is 0.0526 e. The molecule has 1 heterocycles. The molecule has 0 atom stereocenters. The van der Waals surface area contributed by atoms with E-state index in [1.807, 2.05) is 11.8 Å². The molecule has 1 aliphatic heterocycles. The minimum absolute atomic E-state index is 1.20. The zero-order valence-electron chi connectivity index (χ0n) is 10.4. The average Bonchev–Trinajstić information content (AvgIpc) is 2.35. The number of hydrogen-bond acceptors (Lipinski definition) is 3. The summed E-state index contributed by atoms with van der Waals surface area (Å²) in [6, 6.07) is 16.8. The Kier molecular flexibility index (Phi) is 4.53. The Hall–Kier alpha value is -1.16. The Morgan fingerprint density at radius 1 is 0.889 bits per heavy atom. The van der Waals surface area contributed by atoms with Crippen molar-refractivity contribution in [3.8, 4) is 0 Å². The molecule has 2 aromatic carbocycles. The van der Waals surface area contributed by atoms with Gasteiger partial charge in [0, 0.05) is 23.9 Å². The van der Waals surface area contributed by atoms with Gasteiger partial charge in [0.05, 0.1) is 11.4 Å². The second kappa shape index (κ2) is 6.14. The maximum atomic E-state index is 5.11. The van der Waals surface area contributed by atoms with Gasteiger partial charge in [-0.2, -0.15) is 0 Å². The molecule has 0 radical (unpaired) electrons. The summed E-state index contributed by atoms with van der Waals surface area (Å²) in [7, 11) is 3.53. The molecule has 1 aliphatic rings. The van der Waals surface area contributed by atoms with Crippen molar-refractivity contribution in [3.63, 3.8) is 0 Å². The zero-order chi connectivity index (χ0) is 13.0. The van der Waals surface area contributed by atoms with E-state index < -0.39 is 0 Å². The Morgan fingerprint density at radius 2 is 1.28 bits per heavy atom. The molecule has 1 N–H and O–H groups in total. The van der Waals surface area contributed by atoms with Crippen LogP contribution < -0.4 is 5.32 Å². The van der Waals surface area contributed by atoms with Gasteiger partial charge in [-0.1, -0.05) is 36.0 Å². The third-order valence-corrected chi connectivity index (χ3v) is 3.42. The lowest BCUT2D eigenvalue weighted by atomic mass is 10.2. The van der Waals surface area contributed by atoms with Crippen molar-refractivity contribution in [2.24, 2.45) is 0 Å². The lowest BCUT2D eigenvalue weighted by Gasteiger charge is -2.19. The number of nitrogens with one attached hydrogen (secondary N) is 1. The lowest BCUT2D eigenvalue weighted by molar-refractivity contribution is 0.681. The molecular formula is C14H15ClN2S. The van der Waals surface area contributed by atoms with Crippen LogP contribution >= 0.6 is 23.5 Å². The molecule has 0 saturated heterocycles. The Labute approximate surface area is 117 Å². The number of nitrogens with zero attached hydrogens (tertiary/aromatic N) is 1. The number of hydrogen-bond donors (Lipinski definition) is 1. The fourth-order valence-corrected chi connectivity index (χ4v) is 2.57. The van der Waals surface area contributed by atoms with Crippen molar-refractivity contribution in [2.45, 2.75) is 9.79 Å². The first-order chi connectivity index (χ1) is 8.66. The van der Waals surface area contributed by atoms with E-state index in [0.29, 0.717) is 0 Å². The Bertz CT molecular complexity index is 438. The molecule has 3 rings (SSSR count). The molecule has 0 bridgehead atoms. The van der Waals surface area contributed by atoms with Crippen LogP contribution in [0, 0.1) is 0 Å². The van der Waals surface area contributed by atoms with E-state index in [9.17, 15) is 0 Å². The Balaban J connectivity index is 0.000000267. The van der Waals surface area contributed by atoms with Gasteiger partial charge in [-0.25, -0.2) is 4.42 Å². The predicted octanol–water partition coefficient (Wildman–Crippen LogP) is 4.60. The highest BCUT2D eigenvalue weighted by molar-refractivity contribution is 7.99. The second-order valence-electron chi connectivity index (χ2n) is 4.00. The molecule has 2 aromatic rings. The fourth-order valence-electron chi connectivity index (χ4n) is 1.58. The van der Waals surface area contributed by atoms with Gasteiger partial charge in [-0.05, 0) is 36.0 Å². The molecular weight excluding hydrogens is 264 g/mol. The SMILES string of the molecule is CN(C)Cl.c1ccc2c(c1)Nc1ccccc1S2. The van der Waals surface area contributed by atoms with Gasteiger partial charge in [-0.15, -0.1) is 0 Å². The maximum absolute atomic E-state index is 5.11. The quantitative estimate of drug-likeness (QED) is 0.605. The van der Waals surface area contributed by atoms with Crippen LogP contribution in [0.5, 0.6) is 0 Å². The molecule has 94 valence electrons. The molecule has 0 amide bonds. The zero-order valence-corrected chi connectivity index (χ0v) is 11.9. The first-order valence-corrected chi connectivity index (χ1v) is 6.78. The van der Waals surface area contributed by atoms with Crippen LogP contribution in [0.4, 0.5) is 11.4 Å². The van der Waals surface area contributed by atoms with Crippen molar-refractivity contribution in [1.29, 1.82) is 0 Å². The normalized spacial score (nSPS) is 11.8. The van der Waals surface area contributed by atoms with Crippen LogP contribution in [-0.2, 0) is 0 Å². The van der Waals surface area contributed by atoms with E-state index in [1.54, 1.807) is 14.1 Å². The third-order valence-electron chi connectivity index (χ3n) is 2.26. The first-order valence-electron chi connectivity index (χ1n) is 5.63. The van der Waals surface area contributed by atoms with Crippen molar-refractivity contribution in [2.75, 3.05) is 19.4 Å². The molecule has 0 unspecified atom stereocenters. The van der Waals surface area contributed by atoms with Crippen LogP contribution in [0.2, 0.25) is 0 Å². The minimum atomic E-state index is 1.20. The van der Waals surface area contributed by atoms with Gasteiger partial charge in [0.2, 0.25) is 0 Å². The first kappa shape index (κ1) is 13.3. The predicted molar refractivity (Wildman–Crippen MR) is 79.8 cm³/mol. The van der Waals surface area contributed by atoms with Gasteiger partial charge < -0.3 is 5.32 Å². The molecule has 0 fully saturated rings. The van der Waals surface area contributed by atoms with Gasteiger partial charge in [-0.3, -0.25) is 0 Å². The number of halogens is 1. The molecule has 18 heavy (non-hydrogen) atoms. The summed E-state index contributed by atoms with van der Waals surface area (Å²) < 4.78 is 1.47. The molecule has 0 aromatic heterocycles. The minimum Gasteiger partial charge on any atom is -0.354 e. The standard InChI is InChI=1S/C12H9NS.C2H6ClN/c1-3-7-11-9(5-1)13-10-6-2-4-8-12(10)14-11;1-4(2)3/h1-8,13H;1-2H3. The summed E-state index contributed by atoms with van der Waals surface area (Å²) in [5.74, 6) is 0. The van der Waals surface area contributed by atoms with Crippen LogP contribution in [0.15, 0.2) is 58.3 Å². The number of benzene rings is 2. The average molecular weight is 279 g/mol. The van der Waals surface area contributed by atoms with E-state index in [0.717, 1.165) is 0 Å². The number of fused-ring (bicyclic) bond motifs is 2. The molecule has 2 nitrogen and oxygen atoms in total. The summed E-state index contributed by atoms with van der Waals surface area (Å²) in [6.45, 7) is 0. The van der Waals surface area contributed by atoms with E-state index in [2.05, 4.69) is 53.8 Å². The van der Waals surface area contributed by atoms with Gasteiger partial charge in [0.15, 0.2) is 0 Å². The summed E-state index contributed by atoms with van der Waals surface area (Å²) >= 11 is 6.93. The van der Waals surface area contributed by atoms with Gasteiger partial charge >= 0.3 is 0 Å². The van der Waals surface area contributed by atoms with Crippen LogP contribution in [-0.4, -0.2) is 18.5 Å². The van der Waals surface area contributed by atoms with Crippen molar-refractivity contribution in [3.05, 3.63) is 48.5 Å². The molecule has 0 saturated carbocycles. The number of anilines is 2. The summed E-state index contributed by atoms with van der Waals surface area (Å²) in [6.07, 6.45) is 0. The molecule has 0 spiro atoms. The summed E-state index contributed by atoms with van der Waals surface area (Å²) in [5.41, 5.74) is 2.41. The highest BCUT2D eigenvalue weighted by atomic mass is 35.5. The number of para-hydroxylation sites is 2. The highest BCUT2D eigenvalue weighted by Crippen LogP contribution is 2.43. The van der Waals surface area contributed by atoms with Gasteiger partial charge in [0.25, 0.3) is 0 Å². The highest BCUT2D eigenvalue weighted by Gasteiger charge is 2.13. The molecule has 0 aliphatic carbocycles. The van der Waals surface area contributed by atoms with Crippen molar-refractivity contribution in [1.82, 2.24) is 4.42 Å². The monoisotopic (exact) mass is 278 g/mol. The van der Waals surface area contributed by atoms with E-state index >= 15 is 0 Å². The topological polar surface area (TPSA) is 15.3 Å². The third kappa shape index (κ3) is 3.42. The van der Waals surface area contributed by atoms with Gasteiger partial charge in [0.1, 0.15) is 0 Å². The van der Waals surface area contributed by atoms with Crippen LogP contribution in [0.3, 0.4) is 0 Å². The molecule has 4 heteroatoms. The largest absolute Gasteiger partial charge is 0.354 e. The van der Waals surface area contributed by atoms with E-state index in [-0.39, 0.29) is 0 Å². The summed E-state index contributed by atoms with van der Waals surface area (Å²) in [4.78, 5) is 2.59. The second-order valence-corrected chi connectivity index (χ2v) is 5.76. The van der Waals surface area contributed by atoms with E-state index in [4.69, 9.17) is 11.8 Å². The van der Waals surface area contributed by atoms with Crippen LogP contribution in [0.1, 0.15) is 0 Å². The fraction of sp³-hybridized carbons (Fsp3) is 0.143. The maximum Gasteiger partial charge on any atom is 0.0526 e. The summed E-state index contributed by atoms with van der Waals surface area (Å²) in [5, 5.41) is 3.42. The lowest BCUT2D eigenvalue weighted by Crippen LogP contribution is -1.98. The van der Waals surface area contributed by atoms with Crippen molar-refractivity contribution >= 4 is 34.9 Å². The number of rotatable bonds is 0. The van der Waals surface area contributed by atoms with E-state index in [1.165, 1.54) is 25.6 Å². The van der Waals surface area contributed by atoms with Crippen LogP contribution in [0.25, 0.3) is 0 Å². The Morgan fingerprint density at radius 3 is 1.72 bits per heavy atom. The van der Waals surface area contributed by atoms with Crippen molar-refractivity contribution < 1.29 is 0 Å².